The van der Waals surface area contributed by atoms with Crippen LogP contribution in [0.3, 0.4) is 0 Å². The molecule has 8 nitrogen and oxygen atoms in total. The summed E-state index contributed by atoms with van der Waals surface area (Å²) < 4.78 is 12.3. The highest BCUT2D eigenvalue weighted by Gasteiger charge is 2.17. The van der Waals surface area contributed by atoms with Gasteiger partial charge >= 0.3 is 0 Å². The Morgan fingerprint density at radius 1 is 1.42 bits per heavy atom. The van der Waals surface area contributed by atoms with Crippen LogP contribution in [0, 0.1) is 0 Å². The topological polar surface area (TPSA) is 104 Å². The van der Waals surface area contributed by atoms with Crippen molar-refractivity contribution in [2.45, 2.75) is 31.0 Å². The number of nitrogens with two attached hydrogens (primary N) is 1. The van der Waals surface area contributed by atoms with Gasteiger partial charge in [0.05, 0.1) is 18.5 Å². The number of nitrogen functional groups attached to an aromatic ring is 1. The highest BCUT2D eigenvalue weighted by Crippen LogP contribution is 2.23. The number of benzene rings is 1. The molecule has 1 aromatic heterocycles. The Kier molecular flexibility index (Phi) is 6.35. The van der Waals surface area contributed by atoms with Gasteiger partial charge in [-0.3, -0.25) is 4.79 Å². The molecule has 0 aliphatic carbocycles. The van der Waals surface area contributed by atoms with Gasteiger partial charge in [0, 0.05) is 18.7 Å². The Labute approximate surface area is 156 Å². The van der Waals surface area contributed by atoms with Gasteiger partial charge in [0.15, 0.2) is 5.82 Å². The molecule has 2 heterocycles. The molecular formula is C17H23N5O3S. The van der Waals surface area contributed by atoms with Gasteiger partial charge in [-0.05, 0) is 44.0 Å². The van der Waals surface area contributed by atoms with E-state index in [1.165, 1.54) is 16.4 Å². The van der Waals surface area contributed by atoms with Crippen molar-refractivity contribution < 1.29 is 14.3 Å². The molecule has 1 aliphatic heterocycles. The van der Waals surface area contributed by atoms with Gasteiger partial charge in [-0.2, -0.15) is 0 Å². The van der Waals surface area contributed by atoms with Crippen LogP contribution in [0.25, 0.3) is 11.4 Å². The predicted molar refractivity (Wildman–Crippen MR) is 99.5 cm³/mol. The number of thioether (sulfide) groups is 1. The quantitative estimate of drug-likeness (QED) is 0.530. The van der Waals surface area contributed by atoms with Gasteiger partial charge in [0.2, 0.25) is 11.1 Å². The fourth-order valence-electron chi connectivity index (χ4n) is 2.65. The van der Waals surface area contributed by atoms with E-state index in [2.05, 4.69) is 15.5 Å². The summed E-state index contributed by atoms with van der Waals surface area (Å²) in [5.74, 6) is 7.56. The first kappa shape index (κ1) is 18.5. The van der Waals surface area contributed by atoms with E-state index in [0.29, 0.717) is 24.1 Å². The van der Waals surface area contributed by atoms with E-state index in [4.69, 9.17) is 15.3 Å². The van der Waals surface area contributed by atoms with Crippen LogP contribution >= 0.6 is 11.8 Å². The third kappa shape index (κ3) is 4.67. The van der Waals surface area contributed by atoms with Crippen LogP contribution in [0.1, 0.15) is 19.8 Å². The molecule has 1 aliphatic rings. The van der Waals surface area contributed by atoms with E-state index in [9.17, 15) is 4.79 Å². The minimum absolute atomic E-state index is 0.0730. The Morgan fingerprint density at radius 2 is 2.23 bits per heavy atom. The minimum Gasteiger partial charge on any atom is -0.494 e. The maximum Gasteiger partial charge on any atom is 0.230 e. The second-order valence-corrected chi connectivity index (χ2v) is 6.80. The maximum absolute atomic E-state index is 12.0. The monoisotopic (exact) mass is 377 g/mol. The van der Waals surface area contributed by atoms with E-state index < -0.39 is 0 Å². The van der Waals surface area contributed by atoms with Gasteiger partial charge in [-0.25, -0.2) is 4.68 Å². The average molecular weight is 377 g/mol. The third-order valence-corrected chi connectivity index (χ3v) is 4.91. The van der Waals surface area contributed by atoms with Crippen LogP contribution in [-0.2, 0) is 9.53 Å². The molecule has 140 valence electrons. The second kappa shape index (κ2) is 8.91. The Morgan fingerprint density at radius 3 is 2.92 bits per heavy atom. The van der Waals surface area contributed by atoms with E-state index in [1.54, 1.807) is 0 Å². The lowest BCUT2D eigenvalue weighted by Gasteiger charge is -2.10. The number of ether oxygens (including phenoxy) is 2. The molecule has 9 heteroatoms. The standard InChI is InChI=1S/C17H23N5O3S/c1-2-24-13-7-5-12(6-8-13)16-20-21-17(22(16)18)26-11-15(23)19-10-14-4-3-9-25-14/h5-8,14H,2-4,9-11,18H2,1H3,(H,19,23)/t14-/m0/s1. The van der Waals surface area contributed by atoms with Crippen molar-refractivity contribution in [3.05, 3.63) is 24.3 Å². The van der Waals surface area contributed by atoms with Crippen molar-refractivity contribution in [2.24, 2.45) is 0 Å². The molecule has 1 fully saturated rings. The van der Waals surface area contributed by atoms with Crippen molar-refractivity contribution >= 4 is 17.7 Å². The Bertz CT molecular complexity index is 728. The molecular weight excluding hydrogens is 354 g/mol. The normalized spacial score (nSPS) is 16.6. The summed E-state index contributed by atoms with van der Waals surface area (Å²) in [4.78, 5) is 12.0. The minimum atomic E-state index is -0.0730. The van der Waals surface area contributed by atoms with Crippen LogP contribution in [0.2, 0.25) is 0 Å². The molecule has 0 saturated carbocycles. The lowest BCUT2D eigenvalue weighted by atomic mass is 10.2. The number of amides is 1. The molecule has 1 amide bonds. The largest absolute Gasteiger partial charge is 0.494 e. The van der Waals surface area contributed by atoms with Crippen molar-refractivity contribution in [1.82, 2.24) is 20.2 Å². The number of hydrogen-bond donors (Lipinski definition) is 2. The first-order valence-electron chi connectivity index (χ1n) is 8.62. The van der Waals surface area contributed by atoms with Crippen molar-refractivity contribution in [3.8, 4) is 17.1 Å². The van der Waals surface area contributed by atoms with Gasteiger partial charge in [0.1, 0.15) is 5.75 Å². The average Bonchev–Trinajstić information content (AvgIpc) is 3.29. The van der Waals surface area contributed by atoms with Crippen molar-refractivity contribution in [3.63, 3.8) is 0 Å². The number of aromatic nitrogens is 3. The summed E-state index contributed by atoms with van der Waals surface area (Å²) in [6, 6.07) is 7.47. The highest BCUT2D eigenvalue weighted by molar-refractivity contribution is 7.99. The molecule has 26 heavy (non-hydrogen) atoms. The zero-order valence-corrected chi connectivity index (χ0v) is 15.5. The fourth-order valence-corrected chi connectivity index (χ4v) is 3.34. The Balaban J connectivity index is 1.53. The van der Waals surface area contributed by atoms with Gasteiger partial charge in [0.25, 0.3) is 0 Å². The molecule has 3 rings (SSSR count). The number of nitrogens with one attached hydrogen (secondary N) is 1. The first-order valence-corrected chi connectivity index (χ1v) is 9.60. The van der Waals surface area contributed by atoms with Crippen LogP contribution < -0.4 is 15.9 Å². The first-order chi connectivity index (χ1) is 12.7. The number of carbonyl (C=O) groups is 1. The highest BCUT2D eigenvalue weighted by atomic mass is 32.2. The summed E-state index contributed by atoms with van der Waals surface area (Å²) in [7, 11) is 0. The molecule has 0 spiro atoms. The zero-order valence-electron chi connectivity index (χ0n) is 14.7. The molecule has 0 unspecified atom stereocenters. The molecule has 3 N–H and O–H groups in total. The summed E-state index contributed by atoms with van der Waals surface area (Å²) in [6.45, 7) is 3.87. The van der Waals surface area contributed by atoms with E-state index >= 15 is 0 Å². The molecule has 0 radical (unpaired) electrons. The van der Waals surface area contributed by atoms with Crippen LogP contribution in [0.5, 0.6) is 5.75 Å². The van der Waals surface area contributed by atoms with Crippen molar-refractivity contribution in [2.75, 3.05) is 31.4 Å². The smallest absolute Gasteiger partial charge is 0.230 e. The maximum atomic E-state index is 12.0. The van der Waals surface area contributed by atoms with Crippen LogP contribution in [0.15, 0.2) is 29.4 Å². The van der Waals surface area contributed by atoms with E-state index in [-0.39, 0.29) is 17.8 Å². The number of nitrogens with zero attached hydrogens (tertiary/aromatic N) is 3. The summed E-state index contributed by atoms with van der Waals surface area (Å²) >= 11 is 1.25. The molecule has 1 saturated heterocycles. The number of hydrogen-bond acceptors (Lipinski definition) is 7. The number of rotatable bonds is 8. The van der Waals surface area contributed by atoms with Gasteiger partial charge in [-0.15, -0.1) is 10.2 Å². The lowest BCUT2D eigenvalue weighted by molar-refractivity contribution is -0.119. The number of carbonyl (C=O) groups excluding carboxylic acids is 1. The molecule has 1 aromatic carbocycles. The van der Waals surface area contributed by atoms with Crippen LogP contribution in [0.4, 0.5) is 0 Å². The van der Waals surface area contributed by atoms with Gasteiger partial charge < -0.3 is 20.6 Å². The van der Waals surface area contributed by atoms with E-state index in [1.807, 2.05) is 31.2 Å². The SMILES string of the molecule is CCOc1ccc(-c2nnc(SCC(=O)NC[C@@H]3CCCO3)n2N)cc1. The summed E-state index contributed by atoms with van der Waals surface area (Å²) in [6.07, 6.45) is 2.18. The van der Waals surface area contributed by atoms with Crippen molar-refractivity contribution in [1.29, 1.82) is 0 Å². The van der Waals surface area contributed by atoms with Gasteiger partial charge in [-0.1, -0.05) is 11.8 Å². The predicted octanol–water partition coefficient (Wildman–Crippen LogP) is 1.44. The third-order valence-electron chi connectivity index (χ3n) is 3.97. The molecule has 0 bridgehead atoms. The lowest BCUT2D eigenvalue weighted by Crippen LogP contribution is -2.33. The summed E-state index contributed by atoms with van der Waals surface area (Å²) in [5, 5.41) is 11.6. The Hall–Kier alpha value is -2.26. The summed E-state index contributed by atoms with van der Waals surface area (Å²) in [5.41, 5.74) is 0.832. The van der Waals surface area contributed by atoms with E-state index in [0.717, 1.165) is 30.8 Å². The second-order valence-electron chi connectivity index (χ2n) is 5.86. The van der Waals surface area contributed by atoms with Crippen LogP contribution in [-0.4, -0.2) is 52.4 Å². The molecule has 1 atom stereocenters. The fraction of sp³-hybridized carbons (Fsp3) is 0.471. The molecule has 2 aromatic rings. The zero-order chi connectivity index (χ0) is 18.4.